The fourth-order valence-electron chi connectivity index (χ4n) is 2.38. The lowest BCUT2D eigenvalue weighted by Crippen LogP contribution is -2.14. The summed E-state index contributed by atoms with van der Waals surface area (Å²) in [5.41, 5.74) is 2.71. The maximum absolute atomic E-state index is 12.3. The predicted octanol–water partition coefficient (Wildman–Crippen LogP) is 4.30. The van der Waals surface area contributed by atoms with Gasteiger partial charge in [-0.3, -0.25) is 4.79 Å². The number of hydrogen-bond donors (Lipinski definition) is 0. The van der Waals surface area contributed by atoms with Crippen LogP contribution in [0.4, 0.5) is 0 Å². The van der Waals surface area contributed by atoms with E-state index in [2.05, 4.69) is 31.0 Å². The van der Waals surface area contributed by atoms with Gasteiger partial charge in [-0.25, -0.2) is 0 Å². The molecule has 3 aromatic rings. The molecule has 5 nitrogen and oxygen atoms in total. The average Bonchev–Trinajstić information content (AvgIpc) is 3.14. The molecule has 0 aliphatic carbocycles. The molecule has 0 saturated carbocycles. The van der Waals surface area contributed by atoms with Crippen LogP contribution in [-0.2, 0) is 5.41 Å². The normalized spacial score (nSPS) is 11.3. The maximum Gasteiger partial charge on any atom is 0.247 e. The van der Waals surface area contributed by atoms with Crippen LogP contribution in [0.25, 0.3) is 11.5 Å². The van der Waals surface area contributed by atoms with Crippen molar-refractivity contribution < 1.29 is 13.9 Å². The van der Waals surface area contributed by atoms with Gasteiger partial charge in [-0.15, -0.1) is 10.2 Å². The van der Waals surface area contributed by atoms with E-state index in [-0.39, 0.29) is 17.8 Å². The van der Waals surface area contributed by atoms with Crippen LogP contribution in [0.3, 0.4) is 0 Å². The zero-order valence-corrected chi connectivity index (χ0v) is 14.5. The number of Topliss-reactive ketones (excluding diaryl/α,β-unsaturated/α-hetero) is 1. The fraction of sp³-hybridized carbons (Fsp3) is 0.250. The minimum atomic E-state index is -0.0542. The molecule has 0 aliphatic heterocycles. The Bertz CT molecular complexity index is 830. The number of aromatic nitrogens is 2. The highest BCUT2D eigenvalue weighted by molar-refractivity contribution is 5.97. The molecule has 5 heteroatoms. The Morgan fingerprint density at radius 1 is 1.04 bits per heavy atom. The van der Waals surface area contributed by atoms with E-state index in [4.69, 9.17) is 9.15 Å². The van der Waals surface area contributed by atoms with E-state index in [0.717, 1.165) is 5.56 Å². The van der Waals surface area contributed by atoms with Crippen molar-refractivity contribution in [2.45, 2.75) is 26.2 Å². The topological polar surface area (TPSA) is 65.2 Å². The second-order valence-corrected chi connectivity index (χ2v) is 6.81. The zero-order chi connectivity index (χ0) is 17.9. The van der Waals surface area contributed by atoms with Gasteiger partial charge < -0.3 is 9.15 Å². The first kappa shape index (κ1) is 16.9. The lowest BCUT2D eigenvalue weighted by molar-refractivity contribution is 0.0921. The van der Waals surface area contributed by atoms with E-state index in [1.807, 2.05) is 36.4 Å². The van der Waals surface area contributed by atoms with E-state index in [0.29, 0.717) is 17.2 Å². The zero-order valence-electron chi connectivity index (χ0n) is 14.5. The fourth-order valence-corrected chi connectivity index (χ4v) is 2.38. The first-order valence-electron chi connectivity index (χ1n) is 8.06. The van der Waals surface area contributed by atoms with Crippen molar-refractivity contribution >= 4 is 5.78 Å². The first-order chi connectivity index (χ1) is 11.9. The summed E-state index contributed by atoms with van der Waals surface area (Å²) in [6.07, 6.45) is 1.28. The number of nitrogens with zero attached hydrogens (tertiary/aromatic N) is 2. The summed E-state index contributed by atoms with van der Waals surface area (Å²) in [7, 11) is 0. The molecule has 0 atom stereocenters. The lowest BCUT2D eigenvalue weighted by atomic mass is 9.86. The van der Waals surface area contributed by atoms with E-state index in [1.165, 1.54) is 12.0 Å². The number of carbonyl (C=O) groups excluding carboxylic acids is 1. The first-order valence-corrected chi connectivity index (χ1v) is 8.06. The number of ketones is 1. The second kappa shape index (κ2) is 6.89. The van der Waals surface area contributed by atoms with Gasteiger partial charge in [-0.2, -0.15) is 0 Å². The van der Waals surface area contributed by atoms with Crippen LogP contribution in [0.1, 0.15) is 36.7 Å². The Balaban J connectivity index is 1.60. The number of hydrogen-bond acceptors (Lipinski definition) is 5. The summed E-state index contributed by atoms with van der Waals surface area (Å²) < 4.78 is 10.7. The quantitative estimate of drug-likeness (QED) is 0.650. The molecule has 0 amide bonds. The van der Waals surface area contributed by atoms with E-state index in [9.17, 15) is 4.79 Å². The second-order valence-electron chi connectivity index (χ2n) is 6.81. The Labute approximate surface area is 146 Å². The standard InChI is InChI=1S/C20H20N2O3/c1-20(2,3)16-8-4-14(5-9-16)18(23)12-24-17-10-6-15(7-11-17)19-22-21-13-25-19/h4-11,13H,12H2,1-3H3. The van der Waals surface area contributed by atoms with Gasteiger partial charge in [0.05, 0.1) is 0 Å². The van der Waals surface area contributed by atoms with Crippen LogP contribution in [-0.4, -0.2) is 22.6 Å². The summed E-state index contributed by atoms with van der Waals surface area (Å²) >= 11 is 0. The van der Waals surface area contributed by atoms with Crippen molar-refractivity contribution in [3.05, 3.63) is 66.1 Å². The van der Waals surface area contributed by atoms with Crippen molar-refractivity contribution in [1.82, 2.24) is 10.2 Å². The molecule has 1 heterocycles. The number of ether oxygens (including phenoxy) is 1. The Hall–Kier alpha value is -2.95. The van der Waals surface area contributed by atoms with E-state index in [1.54, 1.807) is 12.1 Å². The summed E-state index contributed by atoms with van der Waals surface area (Å²) in [6, 6.07) is 14.9. The van der Waals surface area contributed by atoms with E-state index >= 15 is 0 Å². The highest BCUT2D eigenvalue weighted by Gasteiger charge is 2.14. The molecule has 0 N–H and O–H groups in total. The summed E-state index contributed by atoms with van der Waals surface area (Å²) in [5.74, 6) is 1.01. The molecule has 128 valence electrons. The van der Waals surface area contributed by atoms with Crippen molar-refractivity contribution in [3.63, 3.8) is 0 Å². The van der Waals surface area contributed by atoms with Gasteiger partial charge in [0.1, 0.15) is 5.75 Å². The van der Waals surface area contributed by atoms with Crippen LogP contribution in [0.15, 0.2) is 59.3 Å². The molecule has 0 radical (unpaired) electrons. The highest BCUT2D eigenvalue weighted by atomic mass is 16.5. The van der Waals surface area contributed by atoms with Gasteiger partial charge in [-0.05, 0) is 35.2 Å². The van der Waals surface area contributed by atoms with Crippen molar-refractivity contribution in [1.29, 1.82) is 0 Å². The summed E-state index contributed by atoms with van der Waals surface area (Å²) in [5, 5.41) is 7.49. The Morgan fingerprint density at radius 3 is 2.28 bits per heavy atom. The van der Waals surface area contributed by atoms with Gasteiger partial charge in [0, 0.05) is 11.1 Å². The molecule has 1 aromatic heterocycles. The molecular weight excluding hydrogens is 316 g/mol. The number of benzene rings is 2. The van der Waals surface area contributed by atoms with Crippen LogP contribution in [0.2, 0.25) is 0 Å². The molecule has 2 aromatic carbocycles. The van der Waals surface area contributed by atoms with Crippen LogP contribution in [0, 0.1) is 0 Å². The average molecular weight is 336 g/mol. The van der Waals surface area contributed by atoms with Crippen LogP contribution < -0.4 is 4.74 Å². The smallest absolute Gasteiger partial charge is 0.247 e. The Kier molecular flexibility index (Phi) is 4.65. The highest BCUT2D eigenvalue weighted by Crippen LogP contribution is 2.23. The third-order valence-electron chi connectivity index (χ3n) is 3.90. The van der Waals surface area contributed by atoms with Crippen molar-refractivity contribution in [3.8, 4) is 17.2 Å². The minimum Gasteiger partial charge on any atom is -0.485 e. The van der Waals surface area contributed by atoms with Gasteiger partial charge in [0.2, 0.25) is 12.3 Å². The van der Waals surface area contributed by atoms with Crippen molar-refractivity contribution in [2.75, 3.05) is 6.61 Å². The molecular formula is C20H20N2O3. The SMILES string of the molecule is CC(C)(C)c1ccc(C(=O)COc2ccc(-c3nnco3)cc2)cc1. The summed E-state index contributed by atoms with van der Waals surface area (Å²) in [4.78, 5) is 12.3. The number of rotatable bonds is 5. The summed E-state index contributed by atoms with van der Waals surface area (Å²) in [6.45, 7) is 6.43. The van der Waals surface area contributed by atoms with Crippen LogP contribution in [0.5, 0.6) is 5.75 Å². The van der Waals surface area contributed by atoms with Crippen LogP contribution >= 0.6 is 0 Å². The lowest BCUT2D eigenvalue weighted by Gasteiger charge is -2.19. The van der Waals surface area contributed by atoms with Crippen molar-refractivity contribution in [2.24, 2.45) is 0 Å². The number of carbonyl (C=O) groups is 1. The molecule has 0 bridgehead atoms. The third-order valence-corrected chi connectivity index (χ3v) is 3.90. The Morgan fingerprint density at radius 2 is 1.72 bits per heavy atom. The molecule has 0 saturated heterocycles. The molecule has 0 unspecified atom stereocenters. The van der Waals surface area contributed by atoms with Gasteiger partial charge in [-0.1, -0.05) is 45.0 Å². The van der Waals surface area contributed by atoms with E-state index < -0.39 is 0 Å². The van der Waals surface area contributed by atoms with Gasteiger partial charge in [0.25, 0.3) is 0 Å². The monoisotopic (exact) mass is 336 g/mol. The van der Waals surface area contributed by atoms with Gasteiger partial charge in [0.15, 0.2) is 12.4 Å². The molecule has 0 spiro atoms. The molecule has 3 rings (SSSR count). The molecule has 25 heavy (non-hydrogen) atoms. The molecule has 0 fully saturated rings. The molecule has 0 aliphatic rings. The predicted molar refractivity (Wildman–Crippen MR) is 94.7 cm³/mol. The maximum atomic E-state index is 12.3. The largest absolute Gasteiger partial charge is 0.485 e. The van der Waals surface area contributed by atoms with Gasteiger partial charge >= 0.3 is 0 Å². The minimum absolute atomic E-state index is 0.00519. The third kappa shape index (κ3) is 4.12.